The Labute approximate surface area is 95.6 Å². The third kappa shape index (κ3) is 1.74. The van der Waals surface area contributed by atoms with E-state index in [0.717, 1.165) is 12.1 Å². The van der Waals surface area contributed by atoms with Gasteiger partial charge < -0.3 is 9.73 Å². The van der Waals surface area contributed by atoms with Crippen LogP contribution < -0.4 is 5.32 Å². The van der Waals surface area contributed by atoms with E-state index in [2.05, 4.69) is 23.7 Å². The number of fused-ring (bicyclic) bond motifs is 1. The molecule has 1 saturated heterocycles. The first-order chi connectivity index (χ1) is 7.95. The van der Waals surface area contributed by atoms with Crippen molar-refractivity contribution < 1.29 is 4.42 Å². The van der Waals surface area contributed by atoms with Crippen LogP contribution in [-0.2, 0) is 0 Å². The average molecular weight is 214 g/mol. The Morgan fingerprint density at radius 2 is 2.12 bits per heavy atom. The van der Waals surface area contributed by atoms with Gasteiger partial charge in [-0.1, -0.05) is 31.0 Å². The molecule has 0 bridgehead atoms. The van der Waals surface area contributed by atoms with E-state index in [-0.39, 0.29) is 0 Å². The van der Waals surface area contributed by atoms with E-state index in [1.807, 2.05) is 12.1 Å². The van der Waals surface area contributed by atoms with E-state index in [1.165, 1.54) is 36.6 Å². The Hall–Kier alpha value is -1.28. The lowest BCUT2D eigenvalue weighted by Crippen LogP contribution is -2.19. The zero-order valence-electron chi connectivity index (χ0n) is 9.33. The summed E-state index contributed by atoms with van der Waals surface area (Å²) in [6, 6.07) is 8.62. The van der Waals surface area contributed by atoms with Crippen molar-refractivity contribution in [1.29, 1.82) is 0 Å². The third-order valence-electron chi connectivity index (χ3n) is 3.36. The summed E-state index contributed by atoms with van der Waals surface area (Å²) in [5, 5.41) is 4.79. The van der Waals surface area contributed by atoms with E-state index >= 15 is 0 Å². The van der Waals surface area contributed by atoms with Crippen LogP contribution in [0.3, 0.4) is 0 Å². The fourth-order valence-corrected chi connectivity index (χ4v) is 2.48. The highest BCUT2D eigenvalue weighted by atomic mass is 16.3. The van der Waals surface area contributed by atoms with E-state index < -0.39 is 0 Å². The Bertz CT molecular complexity index is 466. The first-order valence-electron chi connectivity index (χ1n) is 6.07. The summed E-state index contributed by atoms with van der Waals surface area (Å²) in [6.07, 6.45) is 8.18. The van der Waals surface area contributed by atoms with Gasteiger partial charge in [-0.3, -0.25) is 0 Å². The van der Waals surface area contributed by atoms with Crippen LogP contribution in [0.15, 0.2) is 28.7 Å². The molecule has 1 atom stereocenters. The van der Waals surface area contributed by atoms with Crippen LogP contribution in [-0.4, -0.2) is 6.54 Å². The number of hydrogen-bond donors (Lipinski definition) is 1. The maximum absolute atomic E-state index is 5.48. The molecule has 0 aliphatic carbocycles. The Morgan fingerprint density at radius 3 is 3.12 bits per heavy atom. The minimum Gasteiger partial charge on any atom is -0.452 e. The van der Waals surface area contributed by atoms with Crippen molar-refractivity contribution in [3.63, 3.8) is 0 Å². The molecule has 2 nitrogen and oxygen atoms in total. The van der Waals surface area contributed by atoms with Crippen LogP contribution in [0.4, 0.5) is 0 Å². The van der Waals surface area contributed by atoms with Crippen LogP contribution in [0, 0.1) is 6.26 Å². The van der Waals surface area contributed by atoms with Crippen molar-refractivity contribution in [2.24, 2.45) is 0 Å². The van der Waals surface area contributed by atoms with E-state index in [4.69, 9.17) is 4.42 Å². The summed E-state index contributed by atoms with van der Waals surface area (Å²) in [5.41, 5.74) is 2.15. The second-order valence-electron chi connectivity index (χ2n) is 4.47. The van der Waals surface area contributed by atoms with Gasteiger partial charge in [0.2, 0.25) is 0 Å². The van der Waals surface area contributed by atoms with Gasteiger partial charge in [-0.15, -0.1) is 0 Å². The topological polar surface area (TPSA) is 25.2 Å². The van der Waals surface area contributed by atoms with Crippen molar-refractivity contribution in [1.82, 2.24) is 5.32 Å². The number of rotatable bonds is 1. The Morgan fingerprint density at radius 1 is 1.19 bits per heavy atom. The Balaban J connectivity index is 1.97. The molecule has 1 N–H and O–H groups in total. The predicted molar refractivity (Wildman–Crippen MR) is 64.3 cm³/mol. The van der Waals surface area contributed by atoms with Gasteiger partial charge in [-0.2, -0.15) is 0 Å². The highest BCUT2D eigenvalue weighted by molar-refractivity contribution is 5.81. The van der Waals surface area contributed by atoms with Gasteiger partial charge in [0.05, 0.1) is 0 Å². The Kier molecular flexibility index (Phi) is 2.66. The number of furan rings is 1. The lowest BCUT2D eigenvalue weighted by atomic mass is 10.0. The van der Waals surface area contributed by atoms with E-state index in [0.29, 0.717) is 6.04 Å². The molecule has 2 heterocycles. The molecule has 1 aliphatic heterocycles. The fraction of sp³-hybridized carbons (Fsp3) is 0.429. The standard InChI is InChI=1S/C14H16NO/c1-2-7-13(15-9-5-1)12-10-16-14-8-4-3-6-11(12)14/h3-4,6,8,13,15H,1-2,5,7,9H2. The van der Waals surface area contributed by atoms with E-state index in [1.54, 1.807) is 0 Å². The fourth-order valence-electron chi connectivity index (χ4n) is 2.48. The molecular formula is C14H16NO. The summed E-state index contributed by atoms with van der Waals surface area (Å²) in [6.45, 7) is 1.11. The van der Waals surface area contributed by atoms with Gasteiger partial charge in [0.15, 0.2) is 6.26 Å². The highest BCUT2D eigenvalue weighted by Gasteiger charge is 2.18. The molecule has 1 aliphatic rings. The molecule has 1 aromatic carbocycles. The van der Waals surface area contributed by atoms with Crippen LogP contribution in [0.25, 0.3) is 11.0 Å². The van der Waals surface area contributed by atoms with Gasteiger partial charge in [0.25, 0.3) is 0 Å². The number of benzene rings is 1. The summed E-state index contributed by atoms with van der Waals surface area (Å²) < 4.78 is 5.48. The van der Waals surface area contributed by atoms with Crippen LogP contribution >= 0.6 is 0 Å². The van der Waals surface area contributed by atoms with Gasteiger partial charge in [-0.05, 0) is 25.5 Å². The first kappa shape index (κ1) is 9.91. The molecule has 0 amide bonds. The molecular weight excluding hydrogens is 198 g/mol. The predicted octanol–water partition coefficient (Wildman–Crippen LogP) is 3.44. The molecule has 1 unspecified atom stereocenters. The lowest BCUT2D eigenvalue weighted by molar-refractivity contribution is 0.519. The molecule has 1 fully saturated rings. The molecule has 0 spiro atoms. The van der Waals surface area contributed by atoms with Gasteiger partial charge in [0, 0.05) is 17.0 Å². The molecule has 3 rings (SSSR count). The van der Waals surface area contributed by atoms with Crippen LogP contribution in [0.1, 0.15) is 37.3 Å². The zero-order valence-corrected chi connectivity index (χ0v) is 9.33. The number of nitrogens with one attached hydrogen (secondary N) is 1. The second-order valence-corrected chi connectivity index (χ2v) is 4.47. The lowest BCUT2D eigenvalue weighted by Gasteiger charge is -2.13. The van der Waals surface area contributed by atoms with Crippen LogP contribution in [0.5, 0.6) is 0 Å². The molecule has 2 aromatic rings. The highest BCUT2D eigenvalue weighted by Crippen LogP contribution is 2.29. The van der Waals surface area contributed by atoms with Crippen molar-refractivity contribution in [2.75, 3.05) is 6.54 Å². The van der Waals surface area contributed by atoms with Crippen molar-refractivity contribution >= 4 is 11.0 Å². The summed E-state index contributed by atoms with van der Waals surface area (Å²) >= 11 is 0. The van der Waals surface area contributed by atoms with Gasteiger partial charge in [0.1, 0.15) is 5.58 Å². The molecule has 83 valence electrons. The summed E-state index contributed by atoms with van der Waals surface area (Å²) in [7, 11) is 0. The SMILES string of the molecule is [c]1oc2ccccc2c1C1CCCCCN1. The average Bonchev–Trinajstić information content (AvgIpc) is 2.57. The van der Waals surface area contributed by atoms with Gasteiger partial charge >= 0.3 is 0 Å². The normalized spacial score (nSPS) is 22.1. The summed E-state index contributed by atoms with van der Waals surface area (Å²) in [5.74, 6) is 0. The molecule has 2 heteroatoms. The number of para-hydroxylation sites is 1. The molecule has 0 saturated carbocycles. The van der Waals surface area contributed by atoms with Crippen molar-refractivity contribution in [3.8, 4) is 0 Å². The largest absolute Gasteiger partial charge is 0.452 e. The zero-order chi connectivity index (χ0) is 10.8. The van der Waals surface area contributed by atoms with Crippen molar-refractivity contribution in [3.05, 3.63) is 36.1 Å². The quantitative estimate of drug-likeness (QED) is 0.786. The molecule has 1 aromatic heterocycles. The number of hydrogen-bond acceptors (Lipinski definition) is 2. The maximum Gasteiger partial charge on any atom is 0.175 e. The molecule has 16 heavy (non-hydrogen) atoms. The second kappa shape index (κ2) is 4.30. The minimum atomic E-state index is 0.422. The van der Waals surface area contributed by atoms with Crippen LogP contribution in [0.2, 0.25) is 0 Å². The van der Waals surface area contributed by atoms with E-state index in [9.17, 15) is 0 Å². The molecule has 1 radical (unpaired) electrons. The minimum absolute atomic E-state index is 0.422. The monoisotopic (exact) mass is 214 g/mol. The maximum atomic E-state index is 5.48. The summed E-state index contributed by atoms with van der Waals surface area (Å²) in [4.78, 5) is 0. The van der Waals surface area contributed by atoms with Gasteiger partial charge in [-0.25, -0.2) is 0 Å². The van der Waals surface area contributed by atoms with Crippen molar-refractivity contribution in [2.45, 2.75) is 31.7 Å². The third-order valence-corrected chi connectivity index (χ3v) is 3.36. The first-order valence-corrected chi connectivity index (χ1v) is 6.07. The smallest absolute Gasteiger partial charge is 0.175 e.